The minimum atomic E-state index is -0.227. The van der Waals surface area contributed by atoms with Crippen molar-refractivity contribution in [3.63, 3.8) is 0 Å². The Bertz CT molecular complexity index is 782. The van der Waals surface area contributed by atoms with Crippen LogP contribution in [0.5, 0.6) is 0 Å². The summed E-state index contributed by atoms with van der Waals surface area (Å²) >= 11 is 0. The van der Waals surface area contributed by atoms with Crippen LogP contribution in [0.2, 0.25) is 0 Å². The van der Waals surface area contributed by atoms with Gasteiger partial charge in [-0.25, -0.2) is 0 Å². The summed E-state index contributed by atoms with van der Waals surface area (Å²) < 4.78 is 0. The molecule has 25 heavy (non-hydrogen) atoms. The normalized spacial score (nSPS) is 14.5. The number of hydrogen-bond acceptors (Lipinski definition) is 3. The lowest BCUT2D eigenvalue weighted by atomic mass is 10.1. The lowest BCUT2D eigenvalue weighted by molar-refractivity contribution is -0.117. The van der Waals surface area contributed by atoms with E-state index in [9.17, 15) is 9.59 Å². The van der Waals surface area contributed by atoms with E-state index in [0.717, 1.165) is 29.9 Å². The molecule has 0 spiro atoms. The predicted octanol–water partition coefficient (Wildman–Crippen LogP) is 3.11. The van der Waals surface area contributed by atoms with Crippen molar-refractivity contribution in [3.05, 3.63) is 71.8 Å². The van der Waals surface area contributed by atoms with Crippen molar-refractivity contribution in [1.82, 2.24) is 10.9 Å². The lowest BCUT2D eigenvalue weighted by Crippen LogP contribution is -2.36. The van der Waals surface area contributed by atoms with E-state index in [1.54, 1.807) is 17.0 Å². The van der Waals surface area contributed by atoms with Crippen molar-refractivity contribution in [3.8, 4) is 0 Å². The van der Waals surface area contributed by atoms with E-state index in [2.05, 4.69) is 10.9 Å². The minimum Gasteiger partial charge on any atom is -0.312 e. The summed E-state index contributed by atoms with van der Waals surface area (Å²) in [6, 6.07) is 16.9. The first-order valence-electron chi connectivity index (χ1n) is 8.37. The zero-order valence-corrected chi connectivity index (χ0v) is 14.2. The van der Waals surface area contributed by atoms with Crippen LogP contribution in [0.4, 0.5) is 5.69 Å². The number of nitrogens with one attached hydrogen (secondary N) is 2. The third kappa shape index (κ3) is 3.88. The van der Waals surface area contributed by atoms with Gasteiger partial charge in [0.2, 0.25) is 5.91 Å². The zero-order valence-electron chi connectivity index (χ0n) is 14.2. The zero-order chi connectivity index (χ0) is 17.6. The molecule has 1 aliphatic heterocycles. The second-order valence-electron chi connectivity index (χ2n) is 5.84. The lowest BCUT2D eigenvalue weighted by Gasteiger charge is -2.16. The molecule has 1 aliphatic rings. The smallest absolute Gasteiger partial charge is 0.269 e. The SMILES string of the molecule is C/C=C(\NNC(=O)c1ccc(N2CCCC2=O)cc1)c1ccccc1. The summed E-state index contributed by atoms with van der Waals surface area (Å²) in [5, 5.41) is 0. The molecule has 0 saturated carbocycles. The third-order valence-corrected chi connectivity index (χ3v) is 4.20. The molecule has 128 valence electrons. The maximum absolute atomic E-state index is 12.3. The first kappa shape index (κ1) is 16.8. The van der Waals surface area contributed by atoms with Crippen molar-refractivity contribution < 1.29 is 9.59 Å². The molecule has 2 N–H and O–H groups in total. The molecule has 0 aromatic heterocycles. The van der Waals surface area contributed by atoms with E-state index in [1.165, 1.54) is 0 Å². The van der Waals surface area contributed by atoms with E-state index < -0.39 is 0 Å². The molecule has 2 amide bonds. The van der Waals surface area contributed by atoms with Gasteiger partial charge in [0.15, 0.2) is 0 Å². The summed E-state index contributed by atoms with van der Waals surface area (Å²) in [4.78, 5) is 25.8. The highest BCUT2D eigenvalue weighted by Crippen LogP contribution is 2.21. The van der Waals surface area contributed by atoms with E-state index in [4.69, 9.17) is 0 Å². The number of hydrogen-bond donors (Lipinski definition) is 2. The molecule has 1 fully saturated rings. The number of carbonyl (C=O) groups excluding carboxylic acids is 2. The van der Waals surface area contributed by atoms with Gasteiger partial charge in [-0.15, -0.1) is 0 Å². The molecule has 1 saturated heterocycles. The molecule has 0 unspecified atom stereocenters. The van der Waals surface area contributed by atoms with Gasteiger partial charge in [0.1, 0.15) is 0 Å². The van der Waals surface area contributed by atoms with Crippen LogP contribution >= 0.6 is 0 Å². The van der Waals surface area contributed by atoms with Crippen molar-refractivity contribution in [2.24, 2.45) is 0 Å². The van der Waals surface area contributed by atoms with Crippen LogP contribution in [0.3, 0.4) is 0 Å². The monoisotopic (exact) mass is 335 g/mol. The molecule has 0 bridgehead atoms. The van der Waals surface area contributed by atoms with Crippen molar-refractivity contribution in [2.75, 3.05) is 11.4 Å². The van der Waals surface area contributed by atoms with Gasteiger partial charge in [-0.2, -0.15) is 0 Å². The van der Waals surface area contributed by atoms with Gasteiger partial charge < -0.3 is 4.90 Å². The Morgan fingerprint density at radius 1 is 1.00 bits per heavy atom. The highest BCUT2D eigenvalue weighted by Gasteiger charge is 2.21. The number of anilines is 1. The topological polar surface area (TPSA) is 61.4 Å². The van der Waals surface area contributed by atoms with Gasteiger partial charge >= 0.3 is 0 Å². The molecule has 2 aromatic rings. The largest absolute Gasteiger partial charge is 0.312 e. The molecule has 0 aliphatic carbocycles. The highest BCUT2D eigenvalue weighted by molar-refractivity contribution is 5.97. The van der Waals surface area contributed by atoms with Crippen LogP contribution in [0.25, 0.3) is 5.70 Å². The molecule has 5 nitrogen and oxygen atoms in total. The Labute approximate surface area is 147 Å². The molecule has 1 heterocycles. The number of benzene rings is 2. The fourth-order valence-electron chi connectivity index (χ4n) is 2.84. The van der Waals surface area contributed by atoms with Gasteiger partial charge in [0, 0.05) is 24.2 Å². The molecule has 5 heteroatoms. The molecule has 2 aromatic carbocycles. The molecular weight excluding hydrogens is 314 g/mol. The van der Waals surface area contributed by atoms with Crippen LogP contribution in [0.1, 0.15) is 35.7 Å². The van der Waals surface area contributed by atoms with E-state index >= 15 is 0 Å². The molecule has 0 atom stereocenters. The second kappa shape index (κ2) is 7.66. The number of hydrazine groups is 1. The summed E-state index contributed by atoms with van der Waals surface area (Å²) in [5.74, 6) is -0.0889. The standard InChI is InChI=1S/C20H21N3O2/c1-2-18(15-7-4-3-5-8-15)21-22-20(25)16-10-12-17(13-11-16)23-14-6-9-19(23)24/h2-5,7-8,10-13,21H,6,9,14H2,1H3,(H,22,25)/b18-2-. The third-order valence-electron chi connectivity index (χ3n) is 4.20. The second-order valence-corrected chi connectivity index (χ2v) is 5.84. The Balaban J connectivity index is 1.62. The van der Waals surface area contributed by atoms with Crippen molar-refractivity contribution in [1.29, 1.82) is 0 Å². The van der Waals surface area contributed by atoms with Crippen LogP contribution in [-0.4, -0.2) is 18.4 Å². The van der Waals surface area contributed by atoms with Gasteiger partial charge in [0.05, 0.1) is 5.70 Å². The van der Waals surface area contributed by atoms with Crippen molar-refractivity contribution in [2.45, 2.75) is 19.8 Å². The Morgan fingerprint density at radius 2 is 1.72 bits per heavy atom. The first-order chi connectivity index (χ1) is 12.2. The summed E-state index contributed by atoms with van der Waals surface area (Å²) in [6.07, 6.45) is 3.38. The summed E-state index contributed by atoms with van der Waals surface area (Å²) in [7, 11) is 0. The fraction of sp³-hybridized carbons (Fsp3) is 0.200. The quantitative estimate of drug-likeness (QED) is 0.826. The fourth-order valence-corrected chi connectivity index (χ4v) is 2.84. The molecular formula is C20H21N3O2. The van der Waals surface area contributed by atoms with Crippen LogP contribution in [0.15, 0.2) is 60.7 Å². The van der Waals surface area contributed by atoms with E-state index in [0.29, 0.717) is 12.0 Å². The minimum absolute atomic E-state index is 0.138. The number of rotatable bonds is 5. The average molecular weight is 335 g/mol. The summed E-state index contributed by atoms with van der Waals surface area (Å²) in [6.45, 7) is 2.65. The van der Waals surface area contributed by atoms with Gasteiger partial charge in [-0.1, -0.05) is 36.4 Å². The molecule has 0 radical (unpaired) electrons. The predicted molar refractivity (Wildman–Crippen MR) is 98.7 cm³/mol. The number of amides is 2. The van der Waals surface area contributed by atoms with Crippen molar-refractivity contribution >= 4 is 23.2 Å². The van der Waals surface area contributed by atoms with Crippen LogP contribution in [0, 0.1) is 0 Å². The van der Waals surface area contributed by atoms with Crippen LogP contribution < -0.4 is 15.8 Å². The molecule has 3 rings (SSSR count). The van der Waals surface area contributed by atoms with E-state index in [-0.39, 0.29) is 11.8 Å². The first-order valence-corrected chi connectivity index (χ1v) is 8.37. The highest BCUT2D eigenvalue weighted by atomic mass is 16.2. The van der Waals surface area contributed by atoms with Gasteiger partial charge in [-0.3, -0.25) is 20.4 Å². The Kier molecular flexibility index (Phi) is 5.14. The Morgan fingerprint density at radius 3 is 2.32 bits per heavy atom. The average Bonchev–Trinajstić information content (AvgIpc) is 3.09. The van der Waals surface area contributed by atoms with Gasteiger partial charge in [0.25, 0.3) is 5.91 Å². The number of carbonyl (C=O) groups is 2. The maximum atomic E-state index is 12.3. The number of allylic oxidation sites excluding steroid dienone is 1. The van der Waals surface area contributed by atoms with E-state index in [1.807, 2.05) is 55.5 Å². The Hall–Kier alpha value is -3.08. The summed E-state index contributed by atoms with van der Waals surface area (Å²) in [5.41, 5.74) is 8.86. The number of nitrogens with zero attached hydrogens (tertiary/aromatic N) is 1. The van der Waals surface area contributed by atoms with Gasteiger partial charge in [-0.05, 0) is 43.2 Å². The maximum Gasteiger partial charge on any atom is 0.269 e. The van der Waals surface area contributed by atoms with Crippen LogP contribution in [-0.2, 0) is 4.79 Å².